The lowest BCUT2D eigenvalue weighted by atomic mass is 9.93. The van der Waals surface area contributed by atoms with Crippen LogP contribution in [0.5, 0.6) is 5.75 Å². The number of hydrogen-bond acceptors (Lipinski definition) is 3. The van der Waals surface area contributed by atoms with E-state index in [0.717, 1.165) is 35.8 Å². The molecule has 1 aromatic rings. The van der Waals surface area contributed by atoms with Crippen LogP contribution < -0.4 is 10.5 Å². The van der Waals surface area contributed by atoms with Crippen LogP contribution in [0.25, 0.3) is 0 Å². The van der Waals surface area contributed by atoms with Gasteiger partial charge in [-0.25, -0.2) is 0 Å². The Balaban J connectivity index is 2.44. The molecule has 0 radical (unpaired) electrons. The average molecular weight is 269 g/mol. The van der Waals surface area contributed by atoms with Gasteiger partial charge in [-0.3, -0.25) is 4.90 Å². The number of benzene rings is 1. The van der Waals surface area contributed by atoms with E-state index in [1.165, 1.54) is 0 Å². The molecular formula is C14H21ClN2O. The van der Waals surface area contributed by atoms with E-state index >= 15 is 0 Å². The van der Waals surface area contributed by atoms with Crippen molar-refractivity contribution in [2.24, 2.45) is 11.7 Å². The van der Waals surface area contributed by atoms with Crippen molar-refractivity contribution in [1.82, 2.24) is 4.90 Å². The molecule has 1 aliphatic heterocycles. The molecule has 0 saturated carbocycles. The van der Waals surface area contributed by atoms with E-state index in [2.05, 4.69) is 11.8 Å². The topological polar surface area (TPSA) is 38.5 Å². The van der Waals surface area contributed by atoms with Crippen LogP contribution in [-0.2, 0) is 0 Å². The Hall–Kier alpha value is -0.770. The van der Waals surface area contributed by atoms with Gasteiger partial charge in [-0.1, -0.05) is 24.6 Å². The molecule has 1 heterocycles. The zero-order valence-corrected chi connectivity index (χ0v) is 11.8. The van der Waals surface area contributed by atoms with Gasteiger partial charge < -0.3 is 10.5 Å². The van der Waals surface area contributed by atoms with Gasteiger partial charge >= 0.3 is 0 Å². The highest BCUT2D eigenvalue weighted by Crippen LogP contribution is 2.43. The van der Waals surface area contributed by atoms with Crippen molar-refractivity contribution in [1.29, 1.82) is 0 Å². The third-order valence-electron chi connectivity index (χ3n) is 3.86. The van der Waals surface area contributed by atoms with Gasteiger partial charge in [-0.2, -0.15) is 0 Å². The summed E-state index contributed by atoms with van der Waals surface area (Å²) in [6.07, 6.45) is 1.13. The van der Waals surface area contributed by atoms with Gasteiger partial charge in [0.05, 0.1) is 7.11 Å². The highest BCUT2D eigenvalue weighted by molar-refractivity contribution is 6.31. The molecule has 2 N–H and O–H groups in total. The minimum absolute atomic E-state index is 0.281. The van der Waals surface area contributed by atoms with Crippen LogP contribution in [0.1, 0.15) is 24.9 Å². The van der Waals surface area contributed by atoms with E-state index in [1.807, 2.05) is 18.2 Å². The second kappa shape index (κ2) is 5.91. The molecule has 100 valence electrons. The number of rotatable bonds is 4. The second-order valence-corrected chi connectivity index (χ2v) is 5.12. The largest absolute Gasteiger partial charge is 0.496 e. The lowest BCUT2D eigenvalue weighted by molar-refractivity contribution is 0.236. The quantitative estimate of drug-likeness (QED) is 0.913. The summed E-state index contributed by atoms with van der Waals surface area (Å²) in [5.74, 6) is 1.32. The SMILES string of the molecule is CCN1CCC(CN)C1c1c(Cl)cccc1OC. The Bertz CT molecular complexity index is 399. The smallest absolute Gasteiger partial charge is 0.125 e. The zero-order chi connectivity index (χ0) is 13.1. The normalized spacial score (nSPS) is 24.4. The molecule has 0 aliphatic carbocycles. The fourth-order valence-electron chi connectivity index (χ4n) is 2.93. The van der Waals surface area contributed by atoms with E-state index in [0.29, 0.717) is 12.5 Å². The number of nitrogens with two attached hydrogens (primary N) is 1. The zero-order valence-electron chi connectivity index (χ0n) is 11.0. The van der Waals surface area contributed by atoms with Gasteiger partial charge in [-0.05, 0) is 44.1 Å². The van der Waals surface area contributed by atoms with Crippen molar-refractivity contribution >= 4 is 11.6 Å². The maximum absolute atomic E-state index is 6.39. The van der Waals surface area contributed by atoms with Crippen LogP contribution >= 0.6 is 11.6 Å². The first-order valence-electron chi connectivity index (χ1n) is 6.49. The Kier molecular flexibility index (Phi) is 4.49. The maximum atomic E-state index is 6.39. The Morgan fingerprint density at radius 2 is 2.28 bits per heavy atom. The molecule has 2 rings (SSSR count). The maximum Gasteiger partial charge on any atom is 0.125 e. The predicted molar refractivity (Wildman–Crippen MR) is 75.2 cm³/mol. The van der Waals surface area contributed by atoms with Crippen LogP contribution in [0.15, 0.2) is 18.2 Å². The number of hydrogen-bond donors (Lipinski definition) is 1. The molecule has 0 spiro atoms. The van der Waals surface area contributed by atoms with Gasteiger partial charge in [0.15, 0.2) is 0 Å². The second-order valence-electron chi connectivity index (χ2n) is 4.71. The van der Waals surface area contributed by atoms with Gasteiger partial charge in [0.2, 0.25) is 0 Å². The summed E-state index contributed by atoms with van der Waals surface area (Å²) in [5, 5.41) is 0.776. The first-order chi connectivity index (χ1) is 8.72. The van der Waals surface area contributed by atoms with Crippen LogP contribution in [-0.4, -0.2) is 31.6 Å². The lowest BCUT2D eigenvalue weighted by Gasteiger charge is -2.29. The van der Waals surface area contributed by atoms with Crippen LogP contribution in [0.3, 0.4) is 0 Å². The fraction of sp³-hybridized carbons (Fsp3) is 0.571. The number of methoxy groups -OCH3 is 1. The van der Waals surface area contributed by atoms with E-state index in [-0.39, 0.29) is 6.04 Å². The molecule has 2 unspecified atom stereocenters. The van der Waals surface area contributed by atoms with Crippen molar-refractivity contribution in [2.45, 2.75) is 19.4 Å². The van der Waals surface area contributed by atoms with E-state index in [4.69, 9.17) is 22.1 Å². The van der Waals surface area contributed by atoms with Crippen LogP contribution in [0, 0.1) is 5.92 Å². The van der Waals surface area contributed by atoms with Gasteiger partial charge in [0, 0.05) is 16.6 Å². The number of nitrogens with zero attached hydrogens (tertiary/aromatic N) is 1. The predicted octanol–water partition coefficient (Wildman–Crippen LogP) is 2.69. The first kappa shape index (κ1) is 13.7. The molecule has 0 bridgehead atoms. The summed E-state index contributed by atoms with van der Waals surface area (Å²) < 4.78 is 5.47. The molecule has 18 heavy (non-hydrogen) atoms. The first-order valence-corrected chi connectivity index (χ1v) is 6.87. The summed E-state index contributed by atoms with van der Waals surface area (Å²) in [7, 11) is 1.69. The number of ether oxygens (including phenoxy) is 1. The summed E-state index contributed by atoms with van der Waals surface area (Å²) in [6, 6.07) is 6.11. The average Bonchev–Trinajstić information content (AvgIpc) is 2.80. The third-order valence-corrected chi connectivity index (χ3v) is 4.19. The van der Waals surface area contributed by atoms with Crippen LogP contribution in [0.2, 0.25) is 5.02 Å². The molecule has 1 aliphatic rings. The third kappa shape index (κ3) is 2.35. The minimum atomic E-state index is 0.281. The summed E-state index contributed by atoms with van der Waals surface area (Å²) in [5.41, 5.74) is 7.00. The fourth-order valence-corrected chi connectivity index (χ4v) is 3.21. The minimum Gasteiger partial charge on any atom is -0.496 e. The van der Waals surface area contributed by atoms with Gasteiger partial charge in [0.25, 0.3) is 0 Å². The van der Waals surface area contributed by atoms with Crippen molar-refractivity contribution in [3.05, 3.63) is 28.8 Å². The summed E-state index contributed by atoms with van der Waals surface area (Å²) in [6.45, 7) is 4.96. The van der Waals surface area contributed by atoms with Crippen molar-refractivity contribution < 1.29 is 4.74 Å². The van der Waals surface area contributed by atoms with Gasteiger partial charge in [0.1, 0.15) is 5.75 Å². The van der Waals surface area contributed by atoms with E-state index in [1.54, 1.807) is 7.11 Å². The molecule has 2 atom stereocenters. The standard InChI is InChI=1S/C14H21ClN2O/c1-3-17-8-7-10(9-16)14(17)13-11(15)5-4-6-12(13)18-2/h4-6,10,14H,3,7-9,16H2,1-2H3. The molecular weight excluding hydrogens is 248 g/mol. The summed E-state index contributed by atoms with van der Waals surface area (Å²) >= 11 is 6.39. The van der Waals surface area contributed by atoms with E-state index in [9.17, 15) is 0 Å². The Labute approximate surface area is 114 Å². The highest BCUT2D eigenvalue weighted by Gasteiger charge is 2.36. The van der Waals surface area contributed by atoms with E-state index < -0.39 is 0 Å². The van der Waals surface area contributed by atoms with Crippen molar-refractivity contribution in [3.63, 3.8) is 0 Å². The molecule has 1 fully saturated rings. The van der Waals surface area contributed by atoms with Crippen molar-refractivity contribution in [2.75, 3.05) is 26.7 Å². The molecule has 4 heteroatoms. The molecule has 3 nitrogen and oxygen atoms in total. The molecule has 1 aromatic carbocycles. The van der Waals surface area contributed by atoms with Gasteiger partial charge in [-0.15, -0.1) is 0 Å². The summed E-state index contributed by atoms with van der Waals surface area (Å²) in [4.78, 5) is 2.43. The molecule has 0 aromatic heterocycles. The van der Waals surface area contributed by atoms with Crippen LogP contribution in [0.4, 0.5) is 0 Å². The Morgan fingerprint density at radius 3 is 2.89 bits per heavy atom. The van der Waals surface area contributed by atoms with Crippen molar-refractivity contribution in [3.8, 4) is 5.75 Å². The highest BCUT2D eigenvalue weighted by atomic mass is 35.5. The number of halogens is 1. The lowest BCUT2D eigenvalue weighted by Crippen LogP contribution is -2.28. The molecule has 0 amide bonds. The monoisotopic (exact) mass is 268 g/mol. The Morgan fingerprint density at radius 1 is 1.50 bits per heavy atom. The number of likely N-dealkylation sites (tertiary alicyclic amines) is 1. The molecule has 1 saturated heterocycles.